The number of aromatic nitrogens is 3. The number of fused-ring (bicyclic) bond motifs is 3. The van der Waals surface area contributed by atoms with Crippen molar-refractivity contribution in [1.29, 1.82) is 0 Å². The van der Waals surface area contributed by atoms with Gasteiger partial charge in [-0.25, -0.2) is 15.0 Å². The average Bonchev–Trinajstić information content (AvgIpc) is 2.92. The van der Waals surface area contributed by atoms with Crippen molar-refractivity contribution in [1.82, 2.24) is 15.0 Å². The number of benzene rings is 5. The fourth-order valence-electron chi connectivity index (χ4n) is 4.62. The van der Waals surface area contributed by atoms with Crippen LogP contribution in [0.5, 0.6) is 0 Å². The maximum absolute atomic E-state index is 4.90. The Labute approximate surface area is 198 Å². The fraction of sp³-hybridized carbons (Fsp3) is 0.0645. The van der Waals surface area contributed by atoms with Gasteiger partial charge in [-0.1, -0.05) is 97.1 Å². The average molecular weight is 438 g/mol. The largest absolute Gasteiger partial charge is 0.208 e. The zero-order valence-electron chi connectivity index (χ0n) is 19.2. The van der Waals surface area contributed by atoms with Crippen molar-refractivity contribution >= 4 is 21.5 Å². The summed E-state index contributed by atoms with van der Waals surface area (Å²) in [5.74, 6) is 2.03. The van der Waals surface area contributed by atoms with Crippen molar-refractivity contribution in [2.24, 2.45) is 0 Å². The first-order valence-corrected chi connectivity index (χ1v) is 11.5. The zero-order valence-corrected chi connectivity index (χ0v) is 19.2. The molecule has 6 rings (SSSR count). The third-order valence-corrected chi connectivity index (χ3v) is 6.56. The van der Waals surface area contributed by atoms with Crippen LogP contribution >= 0.6 is 0 Å². The highest BCUT2D eigenvalue weighted by atomic mass is 15.0. The third-order valence-electron chi connectivity index (χ3n) is 6.56. The van der Waals surface area contributed by atoms with E-state index in [0.717, 1.165) is 16.7 Å². The van der Waals surface area contributed by atoms with E-state index in [1.54, 1.807) is 0 Å². The first kappa shape index (κ1) is 20.3. The number of aryl methyl sites for hydroxylation is 2. The lowest BCUT2D eigenvalue weighted by Crippen LogP contribution is -2.00. The quantitative estimate of drug-likeness (QED) is 0.265. The van der Waals surface area contributed by atoms with Gasteiger partial charge in [0, 0.05) is 16.7 Å². The van der Waals surface area contributed by atoms with E-state index in [0.29, 0.717) is 17.5 Å². The van der Waals surface area contributed by atoms with E-state index in [-0.39, 0.29) is 0 Å². The van der Waals surface area contributed by atoms with Gasteiger partial charge in [-0.3, -0.25) is 0 Å². The van der Waals surface area contributed by atoms with Gasteiger partial charge in [0.1, 0.15) is 0 Å². The molecule has 0 bridgehead atoms. The minimum atomic E-state index is 0.677. The SMILES string of the molecule is Cc1c(C)c2cc(-c3nc(-c4ccccc4)nc(-c4ccccc4)n3)ccc2c2ccccc12. The van der Waals surface area contributed by atoms with Gasteiger partial charge >= 0.3 is 0 Å². The normalized spacial score (nSPS) is 11.2. The molecule has 1 aromatic heterocycles. The van der Waals surface area contributed by atoms with E-state index in [1.165, 1.54) is 32.7 Å². The number of hydrogen-bond donors (Lipinski definition) is 0. The van der Waals surface area contributed by atoms with Crippen LogP contribution in [0.1, 0.15) is 11.1 Å². The highest BCUT2D eigenvalue weighted by Crippen LogP contribution is 2.34. The Morgan fingerprint density at radius 1 is 0.382 bits per heavy atom. The van der Waals surface area contributed by atoms with Gasteiger partial charge in [-0.2, -0.15) is 0 Å². The standard InChI is InChI=1S/C31H23N3/c1-20-21(2)28-19-24(17-18-27(28)26-16-10-9-15-25(20)26)31-33-29(22-11-5-3-6-12-22)32-30(34-31)23-13-7-4-8-14-23/h3-19H,1-2H3. The van der Waals surface area contributed by atoms with Gasteiger partial charge in [0.2, 0.25) is 0 Å². The maximum Gasteiger partial charge on any atom is 0.164 e. The Bertz CT molecular complexity index is 1600. The molecule has 0 amide bonds. The topological polar surface area (TPSA) is 38.7 Å². The molecule has 0 unspecified atom stereocenters. The Morgan fingerprint density at radius 3 is 1.41 bits per heavy atom. The lowest BCUT2D eigenvalue weighted by atomic mass is 9.92. The second kappa shape index (κ2) is 8.20. The van der Waals surface area contributed by atoms with Crippen LogP contribution in [0.2, 0.25) is 0 Å². The smallest absolute Gasteiger partial charge is 0.164 e. The minimum absolute atomic E-state index is 0.677. The van der Waals surface area contributed by atoms with Crippen LogP contribution in [0.15, 0.2) is 103 Å². The van der Waals surface area contributed by atoms with Crippen LogP contribution in [0.4, 0.5) is 0 Å². The van der Waals surface area contributed by atoms with Gasteiger partial charge in [-0.05, 0) is 52.6 Å². The molecular weight excluding hydrogens is 414 g/mol. The minimum Gasteiger partial charge on any atom is -0.208 e. The molecule has 0 saturated carbocycles. The summed E-state index contributed by atoms with van der Waals surface area (Å²) in [4.78, 5) is 14.6. The number of nitrogens with zero attached hydrogens (tertiary/aromatic N) is 3. The highest BCUT2D eigenvalue weighted by Gasteiger charge is 2.14. The molecular formula is C31H23N3. The van der Waals surface area contributed by atoms with Crippen molar-refractivity contribution in [3.63, 3.8) is 0 Å². The molecule has 0 spiro atoms. The molecule has 6 aromatic rings. The summed E-state index contributed by atoms with van der Waals surface area (Å²) in [7, 11) is 0. The molecule has 0 radical (unpaired) electrons. The Morgan fingerprint density at radius 2 is 0.824 bits per heavy atom. The Hall–Kier alpha value is -4.37. The molecule has 0 aliphatic heterocycles. The lowest BCUT2D eigenvalue weighted by molar-refractivity contribution is 1.07. The predicted octanol–water partition coefficient (Wildman–Crippen LogP) is 7.80. The van der Waals surface area contributed by atoms with Crippen LogP contribution in [0, 0.1) is 13.8 Å². The fourth-order valence-corrected chi connectivity index (χ4v) is 4.62. The van der Waals surface area contributed by atoms with E-state index in [2.05, 4.69) is 56.3 Å². The Kier molecular flexibility index (Phi) is 4.88. The second-order valence-corrected chi connectivity index (χ2v) is 8.59. The van der Waals surface area contributed by atoms with Gasteiger partial charge in [0.25, 0.3) is 0 Å². The van der Waals surface area contributed by atoms with E-state index in [9.17, 15) is 0 Å². The van der Waals surface area contributed by atoms with Gasteiger partial charge in [-0.15, -0.1) is 0 Å². The van der Waals surface area contributed by atoms with Crippen molar-refractivity contribution in [3.8, 4) is 34.2 Å². The van der Waals surface area contributed by atoms with E-state index in [1.807, 2.05) is 60.7 Å². The van der Waals surface area contributed by atoms with E-state index in [4.69, 9.17) is 15.0 Å². The van der Waals surface area contributed by atoms with Crippen molar-refractivity contribution in [2.45, 2.75) is 13.8 Å². The van der Waals surface area contributed by atoms with E-state index >= 15 is 0 Å². The third kappa shape index (κ3) is 3.43. The molecule has 34 heavy (non-hydrogen) atoms. The lowest BCUT2D eigenvalue weighted by Gasteiger charge is -2.14. The number of hydrogen-bond acceptors (Lipinski definition) is 3. The summed E-state index contributed by atoms with van der Waals surface area (Å²) in [6.07, 6.45) is 0. The van der Waals surface area contributed by atoms with E-state index < -0.39 is 0 Å². The molecule has 1 heterocycles. The molecule has 5 aromatic carbocycles. The summed E-state index contributed by atoms with van der Waals surface area (Å²) < 4.78 is 0. The first-order valence-electron chi connectivity index (χ1n) is 11.5. The maximum atomic E-state index is 4.90. The summed E-state index contributed by atoms with van der Waals surface area (Å²) in [5.41, 5.74) is 5.54. The zero-order chi connectivity index (χ0) is 23.1. The first-order chi connectivity index (χ1) is 16.7. The molecule has 3 nitrogen and oxygen atoms in total. The molecule has 0 aliphatic rings. The van der Waals surface area contributed by atoms with Crippen LogP contribution in [-0.2, 0) is 0 Å². The molecule has 0 atom stereocenters. The summed E-state index contributed by atoms with van der Waals surface area (Å²) in [6, 6.07) is 35.4. The van der Waals surface area contributed by atoms with Gasteiger partial charge in [0.15, 0.2) is 17.5 Å². The van der Waals surface area contributed by atoms with Crippen LogP contribution < -0.4 is 0 Å². The highest BCUT2D eigenvalue weighted by molar-refractivity contribution is 6.11. The Balaban J connectivity index is 1.60. The molecule has 0 fully saturated rings. The second-order valence-electron chi connectivity index (χ2n) is 8.59. The molecule has 3 heteroatoms. The molecule has 162 valence electrons. The number of rotatable bonds is 3. The monoisotopic (exact) mass is 437 g/mol. The van der Waals surface area contributed by atoms with Crippen molar-refractivity contribution in [2.75, 3.05) is 0 Å². The molecule has 0 N–H and O–H groups in total. The summed E-state index contributed by atoms with van der Waals surface area (Å²) >= 11 is 0. The van der Waals surface area contributed by atoms with Crippen molar-refractivity contribution < 1.29 is 0 Å². The molecule has 0 aliphatic carbocycles. The van der Waals surface area contributed by atoms with Crippen LogP contribution in [0.3, 0.4) is 0 Å². The summed E-state index contributed by atoms with van der Waals surface area (Å²) in [6.45, 7) is 4.40. The molecule has 0 saturated heterocycles. The van der Waals surface area contributed by atoms with Crippen molar-refractivity contribution in [3.05, 3.63) is 114 Å². The van der Waals surface area contributed by atoms with Gasteiger partial charge < -0.3 is 0 Å². The van der Waals surface area contributed by atoms with Crippen LogP contribution in [-0.4, -0.2) is 15.0 Å². The van der Waals surface area contributed by atoms with Crippen LogP contribution in [0.25, 0.3) is 55.7 Å². The predicted molar refractivity (Wildman–Crippen MR) is 141 cm³/mol. The summed E-state index contributed by atoms with van der Waals surface area (Å²) in [5, 5.41) is 5.07. The van der Waals surface area contributed by atoms with Gasteiger partial charge in [0.05, 0.1) is 0 Å².